The first-order chi connectivity index (χ1) is 9.47. The van der Waals surface area contributed by atoms with Crippen LogP contribution in [0.1, 0.15) is 20.3 Å². The Morgan fingerprint density at radius 2 is 1.75 bits per heavy atom. The summed E-state index contributed by atoms with van der Waals surface area (Å²) in [6, 6.07) is 0.0120. The summed E-state index contributed by atoms with van der Waals surface area (Å²) in [5.41, 5.74) is 0. The van der Waals surface area contributed by atoms with E-state index in [4.69, 9.17) is 5.11 Å². The monoisotopic (exact) mass is 283 g/mol. The molecule has 2 aliphatic heterocycles. The third-order valence-electron chi connectivity index (χ3n) is 4.07. The van der Waals surface area contributed by atoms with Crippen LogP contribution in [-0.2, 0) is 4.79 Å². The summed E-state index contributed by atoms with van der Waals surface area (Å²) in [4.78, 5) is 29.2. The summed E-state index contributed by atoms with van der Waals surface area (Å²) in [5, 5.41) is 8.98. The number of hydrogen-bond acceptors (Lipinski definition) is 3. The number of carbonyl (C=O) groups excluding carboxylic acids is 1. The van der Waals surface area contributed by atoms with E-state index in [0.29, 0.717) is 25.4 Å². The maximum absolute atomic E-state index is 12.3. The van der Waals surface area contributed by atoms with Gasteiger partial charge in [0.2, 0.25) is 0 Å². The molecule has 1 N–H and O–H groups in total. The topological polar surface area (TPSA) is 64.1 Å². The van der Waals surface area contributed by atoms with Crippen molar-refractivity contribution in [2.24, 2.45) is 11.8 Å². The summed E-state index contributed by atoms with van der Waals surface area (Å²) in [6.07, 6.45) is 0.578. The minimum absolute atomic E-state index is 0.0120. The van der Waals surface area contributed by atoms with Crippen molar-refractivity contribution in [3.63, 3.8) is 0 Å². The molecule has 6 heteroatoms. The van der Waals surface area contributed by atoms with Crippen LogP contribution in [0.2, 0.25) is 0 Å². The van der Waals surface area contributed by atoms with Gasteiger partial charge in [-0.05, 0) is 12.3 Å². The molecule has 0 aromatic heterocycles. The molecule has 114 valence electrons. The van der Waals surface area contributed by atoms with E-state index in [1.165, 1.54) is 0 Å². The van der Waals surface area contributed by atoms with Gasteiger partial charge in [-0.3, -0.25) is 9.69 Å². The highest BCUT2D eigenvalue weighted by molar-refractivity contribution is 5.77. The number of amides is 2. The van der Waals surface area contributed by atoms with Crippen molar-refractivity contribution in [1.82, 2.24) is 14.7 Å². The van der Waals surface area contributed by atoms with Crippen LogP contribution in [0, 0.1) is 11.8 Å². The van der Waals surface area contributed by atoms with Crippen LogP contribution in [0.3, 0.4) is 0 Å². The fourth-order valence-corrected chi connectivity index (χ4v) is 2.97. The van der Waals surface area contributed by atoms with E-state index < -0.39 is 5.97 Å². The minimum Gasteiger partial charge on any atom is -0.481 e. The quantitative estimate of drug-likeness (QED) is 0.831. The summed E-state index contributed by atoms with van der Waals surface area (Å²) in [6.45, 7) is 9.75. The first kappa shape index (κ1) is 15.1. The lowest BCUT2D eigenvalue weighted by atomic mass is 10.1. The Balaban J connectivity index is 1.79. The number of nitrogens with zero attached hydrogens (tertiary/aromatic N) is 3. The van der Waals surface area contributed by atoms with E-state index in [9.17, 15) is 9.59 Å². The SMILES string of the molecule is CC(C)CN1CCN(C(=O)N2CCC(C(=O)O)C2)CC1. The van der Waals surface area contributed by atoms with Gasteiger partial charge in [-0.2, -0.15) is 0 Å². The Bertz CT molecular complexity index is 365. The normalized spacial score (nSPS) is 24.4. The highest BCUT2D eigenvalue weighted by atomic mass is 16.4. The fraction of sp³-hybridized carbons (Fsp3) is 0.857. The molecule has 1 atom stereocenters. The zero-order chi connectivity index (χ0) is 14.7. The molecule has 0 spiro atoms. The van der Waals surface area contributed by atoms with E-state index in [2.05, 4.69) is 18.7 Å². The van der Waals surface area contributed by atoms with Crippen LogP contribution in [0.15, 0.2) is 0 Å². The number of carbonyl (C=O) groups is 2. The van der Waals surface area contributed by atoms with Crippen molar-refractivity contribution < 1.29 is 14.7 Å². The first-order valence-corrected chi connectivity index (χ1v) is 7.46. The molecule has 0 bridgehead atoms. The predicted molar refractivity (Wildman–Crippen MR) is 75.6 cm³/mol. The van der Waals surface area contributed by atoms with E-state index in [1.807, 2.05) is 4.90 Å². The molecule has 2 rings (SSSR count). The molecule has 6 nitrogen and oxygen atoms in total. The van der Waals surface area contributed by atoms with Crippen molar-refractivity contribution in [3.05, 3.63) is 0 Å². The van der Waals surface area contributed by atoms with Crippen molar-refractivity contribution in [2.75, 3.05) is 45.8 Å². The third kappa shape index (κ3) is 3.62. The number of likely N-dealkylation sites (tertiary alicyclic amines) is 1. The number of urea groups is 1. The zero-order valence-corrected chi connectivity index (χ0v) is 12.4. The number of rotatable bonds is 3. The van der Waals surface area contributed by atoms with Crippen LogP contribution in [0.5, 0.6) is 0 Å². The standard InChI is InChI=1S/C14H25N3O3/c1-11(2)9-15-5-7-16(8-6-15)14(20)17-4-3-12(10-17)13(18)19/h11-12H,3-10H2,1-2H3,(H,18,19). The van der Waals surface area contributed by atoms with Crippen LogP contribution >= 0.6 is 0 Å². The molecule has 0 saturated carbocycles. The number of hydrogen-bond donors (Lipinski definition) is 1. The molecular formula is C14H25N3O3. The maximum Gasteiger partial charge on any atom is 0.320 e. The lowest BCUT2D eigenvalue weighted by Gasteiger charge is -2.37. The first-order valence-electron chi connectivity index (χ1n) is 7.46. The molecule has 20 heavy (non-hydrogen) atoms. The van der Waals surface area contributed by atoms with Gasteiger partial charge in [0.15, 0.2) is 0 Å². The fourth-order valence-electron chi connectivity index (χ4n) is 2.97. The van der Waals surface area contributed by atoms with E-state index in [1.54, 1.807) is 4.90 Å². The van der Waals surface area contributed by atoms with Crippen molar-refractivity contribution in [1.29, 1.82) is 0 Å². The van der Waals surface area contributed by atoms with E-state index in [-0.39, 0.29) is 11.9 Å². The smallest absolute Gasteiger partial charge is 0.320 e. The molecule has 0 aromatic carbocycles. The van der Waals surface area contributed by atoms with Crippen LogP contribution in [-0.4, -0.2) is 77.6 Å². The lowest BCUT2D eigenvalue weighted by molar-refractivity contribution is -0.141. The Kier molecular flexibility index (Phi) is 4.86. The molecule has 2 heterocycles. The molecule has 0 aliphatic carbocycles. The molecule has 2 aliphatic rings. The zero-order valence-electron chi connectivity index (χ0n) is 12.4. The van der Waals surface area contributed by atoms with Crippen LogP contribution < -0.4 is 0 Å². The van der Waals surface area contributed by atoms with Crippen LogP contribution in [0.25, 0.3) is 0 Å². The van der Waals surface area contributed by atoms with Crippen molar-refractivity contribution in [3.8, 4) is 0 Å². The van der Waals surface area contributed by atoms with Gasteiger partial charge >= 0.3 is 12.0 Å². The Hall–Kier alpha value is -1.30. The van der Waals surface area contributed by atoms with Gasteiger partial charge in [0.25, 0.3) is 0 Å². The number of aliphatic carboxylic acids is 1. The van der Waals surface area contributed by atoms with Crippen LogP contribution in [0.4, 0.5) is 4.79 Å². The summed E-state index contributed by atoms with van der Waals surface area (Å²) in [5.74, 6) is -0.532. The number of piperazine rings is 1. The lowest BCUT2D eigenvalue weighted by Crippen LogP contribution is -2.53. The molecule has 1 unspecified atom stereocenters. The van der Waals surface area contributed by atoms with Crippen molar-refractivity contribution >= 4 is 12.0 Å². The Morgan fingerprint density at radius 3 is 2.25 bits per heavy atom. The Labute approximate surface area is 120 Å². The van der Waals surface area contributed by atoms with Gasteiger partial charge in [-0.1, -0.05) is 13.8 Å². The maximum atomic E-state index is 12.3. The second-order valence-electron chi connectivity index (χ2n) is 6.23. The molecule has 0 aromatic rings. The average Bonchev–Trinajstić information content (AvgIpc) is 2.88. The molecule has 0 radical (unpaired) electrons. The average molecular weight is 283 g/mol. The summed E-state index contributed by atoms with van der Waals surface area (Å²) < 4.78 is 0. The van der Waals surface area contributed by atoms with Crippen molar-refractivity contribution in [2.45, 2.75) is 20.3 Å². The van der Waals surface area contributed by atoms with E-state index >= 15 is 0 Å². The second-order valence-corrected chi connectivity index (χ2v) is 6.23. The summed E-state index contributed by atoms with van der Waals surface area (Å²) in [7, 11) is 0. The number of carboxylic acids is 1. The minimum atomic E-state index is -0.790. The molecular weight excluding hydrogens is 258 g/mol. The van der Waals surface area contributed by atoms with Gasteiger partial charge in [-0.25, -0.2) is 4.79 Å². The van der Waals surface area contributed by atoms with Gasteiger partial charge in [0.05, 0.1) is 5.92 Å². The second kappa shape index (κ2) is 6.43. The molecule has 2 fully saturated rings. The Morgan fingerprint density at radius 1 is 1.10 bits per heavy atom. The summed E-state index contributed by atoms with van der Waals surface area (Å²) >= 11 is 0. The largest absolute Gasteiger partial charge is 0.481 e. The highest BCUT2D eigenvalue weighted by Crippen LogP contribution is 2.18. The predicted octanol–water partition coefficient (Wildman–Crippen LogP) is 0.786. The highest BCUT2D eigenvalue weighted by Gasteiger charge is 2.33. The molecule has 2 amide bonds. The van der Waals surface area contributed by atoms with Gasteiger partial charge < -0.3 is 14.9 Å². The third-order valence-corrected chi connectivity index (χ3v) is 4.07. The van der Waals surface area contributed by atoms with E-state index in [0.717, 1.165) is 32.7 Å². The van der Waals surface area contributed by atoms with Gasteiger partial charge in [0, 0.05) is 45.8 Å². The molecule has 2 saturated heterocycles. The number of carboxylic acid groups (broad SMARTS) is 1. The van der Waals surface area contributed by atoms with Gasteiger partial charge in [-0.15, -0.1) is 0 Å². The van der Waals surface area contributed by atoms with Gasteiger partial charge in [0.1, 0.15) is 0 Å².